The predicted molar refractivity (Wildman–Crippen MR) is 59.7 cm³/mol. The molecular formula is C9H4BrCl2NO. The van der Waals surface area contributed by atoms with Crippen molar-refractivity contribution in [3.05, 3.63) is 38.9 Å². The molecule has 0 spiro atoms. The van der Waals surface area contributed by atoms with E-state index < -0.39 is 0 Å². The van der Waals surface area contributed by atoms with Crippen LogP contribution in [-0.4, -0.2) is 5.16 Å². The van der Waals surface area contributed by atoms with E-state index in [1.165, 1.54) is 0 Å². The van der Waals surface area contributed by atoms with Crippen LogP contribution in [-0.2, 0) is 0 Å². The maximum Gasteiger partial charge on any atom is 0.182 e. The summed E-state index contributed by atoms with van der Waals surface area (Å²) >= 11 is 15.1. The molecule has 0 fully saturated rings. The average molecular weight is 293 g/mol. The van der Waals surface area contributed by atoms with Crippen LogP contribution in [0, 0.1) is 0 Å². The molecule has 2 rings (SSSR count). The second kappa shape index (κ2) is 3.93. The molecule has 0 N–H and O–H groups in total. The van der Waals surface area contributed by atoms with Gasteiger partial charge in [-0.3, -0.25) is 0 Å². The monoisotopic (exact) mass is 291 g/mol. The van der Waals surface area contributed by atoms with Crippen LogP contribution < -0.4 is 0 Å². The van der Waals surface area contributed by atoms with E-state index in [0.717, 1.165) is 10.0 Å². The second-order valence-corrected chi connectivity index (χ2v) is 4.32. The molecule has 0 saturated heterocycles. The third-order valence-electron chi connectivity index (χ3n) is 1.70. The maximum atomic E-state index is 6.00. The summed E-state index contributed by atoms with van der Waals surface area (Å²) in [4.78, 5) is 0. The Labute approximate surface area is 98.9 Å². The molecule has 5 heteroatoms. The van der Waals surface area contributed by atoms with Gasteiger partial charge in [0, 0.05) is 10.6 Å². The molecule has 0 aliphatic heterocycles. The van der Waals surface area contributed by atoms with Crippen molar-refractivity contribution >= 4 is 39.1 Å². The number of benzene rings is 1. The molecular weight excluding hydrogens is 289 g/mol. The summed E-state index contributed by atoms with van der Waals surface area (Å²) < 4.78 is 5.81. The lowest BCUT2D eigenvalue weighted by Crippen LogP contribution is -1.77. The molecule has 1 aromatic heterocycles. The molecule has 0 radical (unpaired) electrons. The van der Waals surface area contributed by atoms with Gasteiger partial charge in [0.1, 0.15) is 0 Å². The highest BCUT2D eigenvalue weighted by Crippen LogP contribution is 2.34. The Kier molecular flexibility index (Phi) is 2.81. The first-order valence-corrected chi connectivity index (χ1v) is 5.29. The number of halogens is 3. The van der Waals surface area contributed by atoms with Crippen LogP contribution in [0.15, 0.2) is 33.4 Å². The van der Waals surface area contributed by atoms with Gasteiger partial charge in [-0.1, -0.05) is 28.4 Å². The molecule has 1 aromatic carbocycles. The zero-order chi connectivity index (χ0) is 10.1. The van der Waals surface area contributed by atoms with Gasteiger partial charge in [-0.2, -0.15) is 0 Å². The van der Waals surface area contributed by atoms with Gasteiger partial charge in [-0.15, -0.1) is 0 Å². The van der Waals surface area contributed by atoms with E-state index >= 15 is 0 Å². The SMILES string of the molecule is Clc1ccc(-c2oncc2Br)c(Cl)c1. The predicted octanol–water partition coefficient (Wildman–Crippen LogP) is 4.41. The lowest BCUT2D eigenvalue weighted by molar-refractivity contribution is 0.432. The number of rotatable bonds is 1. The average Bonchev–Trinajstić information content (AvgIpc) is 2.52. The summed E-state index contributed by atoms with van der Waals surface area (Å²) in [6, 6.07) is 5.20. The van der Waals surface area contributed by atoms with Crippen LogP contribution in [0.1, 0.15) is 0 Å². The molecule has 0 aliphatic carbocycles. The van der Waals surface area contributed by atoms with Crippen molar-refractivity contribution in [2.75, 3.05) is 0 Å². The van der Waals surface area contributed by atoms with Crippen molar-refractivity contribution in [3.8, 4) is 11.3 Å². The fourth-order valence-corrected chi connectivity index (χ4v) is 1.94. The number of hydrogen-bond acceptors (Lipinski definition) is 2. The maximum absolute atomic E-state index is 6.00. The minimum absolute atomic E-state index is 0.537. The van der Waals surface area contributed by atoms with Gasteiger partial charge >= 0.3 is 0 Å². The van der Waals surface area contributed by atoms with Crippen LogP contribution in [0.4, 0.5) is 0 Å². The van der Waals surface area contributed by atoms with Gasteiger partial charge in [0.25, 0.3) is 0 Å². The molecule has 2 nitrogen and oxygen atoms in total. The molecule has 0 unspecified atom stereocenters. The van der Waals surface area contributed by atoms with E-state index in [9.17, 15) is 0 Å². The fraction of sp³-hybridized carbons (Fsp3) is 0. The van der Waals surface area contributed by atoms with Crippen molar-refractivity contribution in [2.45, 2.75) is 0 Å². The Balaban J connectivity index is 2.58. The Morgan fingerprint density at radius 1 is 1.29 bits per heavy atom. The van der Waals surface area contributed by atoms with Gasteiger partial charge in [0.05, 0.1) is 15.7 Å². The summed E-state index contributed by atoms with van der Waals surface area (Å²) in [5.74, 6) is 0.603. The summed E-state index contributed by atoms with van der Waals surface area (Å²) in [5.41, 5.74) is 0.764. The number of nitrogens with zero attached hydrogens (tertiary/aromatic N) is 1. The van der Waals surface area contributed by atoms with Crippen molar-refractivity contribution in [2.24, 2.45) is 0 Å². The Morgan fingerprint density at radius 3 is 2.64 bits per heavy atom. The first kappa shape index (κ1) is 10.0. The Morgan fingerprint density at radius 2 is 2.07 bits per heavy atom. The summed E-state index contributed by atoms with van der Waals surface area (Å²) in [7, 11) is 0. The first-order chi connectivity index (χ1) is 6.68. The molecule has 0 saturated carbocycles. The van der Waals surface area contributed by atoms with E-state index in [4.69, 9.17) is 27.7 Å². The molecule has 72 valence electrons. The highest BCUT2D eigenvalue weighted by atomic mass is 79.9. The topological polar surface area (TPSA) is 26.0 Å². The third kappa shape index (κ3) is 1.80. The van der Waals surface area contributed by atoms with E-state index in [-0.39, 0.29) is 0 Å². The quantitative estimate of drug-likeness (QED) is 0.778. The minimum Gasteiger partial charge on any atom is -0.355 e. The molecule has 14 heavy (non-hydrogen) atoms. The Bertz CT molecular complexity index is 470. The molecule has 0 amide bonds. The smallest absolute Gasteiger partial charge is 0.182 e. The second-order valence-electron chi connectivity index (χ2n) is 2.63. The normalized spacial score (nSPS) is 10.5. The molecule has 2 aromatic rings. The van der Waals surface area contributed by atoms with Crippen molar-refractivity contribution in [1.82, 2.24) is 5.16 Å². The van der Waals surface area contributed by atoms with Crippen molar-refractivity contribution in [1.29, 1.82) is 0 Å². The number of aromatic nitrogens is 1. The highest BCUT2D eigenvalue weighted by Gasteiger charge is 2.11. The zero-order valence-electron chi connectivity index (χ0n) is 6.80. The Hall–Kier alpha value is -0.510. The van der Waals surface area contributed by atoms with Crippen LogP contribution in [0.5, 0.6) is 0 Å². The van der Waals surface area contributed by atoms with Gasteiger partial charge in [0.15, 0.2) is 5.76 Å². The van der Waals surface area contributed by atoms with Crippen LogP contribution in [0.3, 0.4) is 0 Å². The lowest BCUT2D eigenvalue weighted by Gasteiger charge is -2.00. The first-order valence-electron chi connectivity index (χ1n) is 3.74. The van der Waals surface area contributed by atoms with Crippen LogP contribution in [0.25, 0.3) is 11.3 Å². The van der Waals surface area contributed by atoms with Gasteiger partial charge < -0.3 is 4.52 Å². The molecule has 0 bridgehead atoms. The van der Waals surface area contributed by atoms with Gasteiger partial charge in [-0.05, 0) is 34.1 Å². The standard InChI is InChI=1S/C9H4BrCl2NO/c10-7-4-13-14-9(7)6-2-1-5(11)3-8(6)12/h1-4H. The van der Waals surface area contributed by atoms with Gasteiger partial charge in [0.2, 0.25) is 0 Å². The fourth-order valence-electron chi connectivity index (χ4n) is 1.08. The summed E-state index contributed by atoms with van der Waals surface area (Å²) in [5, 5.41) is 4.78. The van der Waals surface area contributed by atoms with E-state index in [0.29, 0.717) is 15.8 Å². The van der Waals surface area contributed by atoms with E-state index in [1.807, 2.05) is 0 Å². The van der Waals surface area contributed by atoms with Crippen LogP contribution in [0.2, 0.25) is 10.0 Å². The van der Waals surface area contributed by atoms with Gasteiger partial charge in [-0.25, -0.2) is 0 Å². The summed E-state index contributed by atoms with van der Waals surface area (Å²) in [6.07, 6.45) is 1.57. The van der Waals surface area contributed by atoms with Crippen molar-refractivity contribution in [3.63, 3.8) is 0 Å². The number of hydrogen-bond donors (Lipinski definition) is 0. The minimum atomic E-state index is 0.537. The molecule has 1 heterocycles. The molecule has 0 aliphatic rings. The van der Waals surface area contributed by atoms with Crippen LogP contribution >= 0.6 is 39.1 Å². The lowest BCUT2D eigenvalue weighted by atomic mass is 10.2. The van der Waals surface area contributed by atoms with E-state index in [2.05, 4.69) is 21.1 Å². The summed E-state index contributed by atoms with van der Waals surface area (Å²) in [6.45, 7) is 0. The third-order valence-corrected chi connectivity index (χ3v) is 2.82. The largest absolute Gasteiger partial charge is 0.355 e. The molecule has 0 atom stereocenters. The highest BCUT2D eigenvalue weighted by molar-refractivity contribution is 9.10. The zero-order valence-corrected chi connectivity index (χ0v) is 9.90. The van der Waals surface area contributed by atoms with Crippen molar-refractivity contribution < 1.29 is 4.52 Å². The van der Waals surface area contributed by atoms with E-state index in [1.54, 1.807) is 24.4 Å².